The van der Waals surface area contributed by atoms with Crippen molar-refractivity contribution in [3.8, 4) is 11.3 Å². The molecule has 3 aliphatic rings. The van der Waals surface area contributed by atoms with Crippen molar-refractivity contribution in [1.29, 1.82) is 0 Å². The molecule has 0 radical (unpaired) electrons. The molecule has 0 unspecified atom stereocenters. The lowest BCUT2D eigenvalue weighted by Gasteiger charge is -2.32. The molecule has 0 saturated carbocycles. The number of hydrogen-bond donors (Lipinski definition) is 1. The third-order valence-electron chi connectivity index (χ3n) is 8.49. The molecule has 3 saturated heterocycles. The van der Waals surface area contributed by atoms with E-state index in [-0.39, 0.29) is 10.9 Å². The van der Waals surface area contributed by atoms with Gasteiger partial charge in [0.15, 0.2) is 5.82 Å². The molecule has 3 aliphatic heterocycles. The van der Waals surface area contributed by atoms with Crippen LogP contribution in [0.3, 0.4) is 0 Å². The number of nitrogens with one attached hydrogen (secondary N) is 1. The molecule has 11 heteroatoms. The Kier molecular flexibility index (Phi) is 7.67. The van der Waals surface area contributed by atoms with Gasteiger partial charge in [-0.05, 0) is 43.5 Å². The molecule has 4 aromatic rings. The number of aromatic nitrogens is 3. The third-order valence-corrected chi connectivity index (χ3v) is 8.49. The van der Waals surface area contributed by atoms with Crippen molar-refractivity contribution in [2.24, 2.45) is 0 Å². The second-order valence-electron chi connectivity index (χ2n) is 11.2. The van der Waals surface area contributed by atoms with Crippen molar-refractivity contribution in [1.82, 2.24) is 15.0 Å². The highest BCUT2D eigenvalue weighted by molar-refractivity contribution is 5.99. The number of ether oxygens (including phenoxy) is 2. The van der Waals surface area contributed by atoms with Gasteiger partial charge in [0.2, 0.25) is 0 Å². The number of fused-ring (bicyclic) bond motifs is 1. The first-order chi connectivity index (χ1) is 21.0. The largest absolute Gasteiger partial charge is 0.378 e. The smallest absolute Gasteiger partial charge is 0.152 e. The molecule has 224 valence electrons. The number of benzene rings is 1. The van der Waals surface area contributed by atoms with Crippen LogP contribution in [0.5, 0.6) is 0 Å². The summed E-state index contributed by atoms with van der Waals surface area (Å²) in [5, 5.41) is 3.81. The first kappa shape index (κ1) is 27.7. The highest BCUT2D eigenvalue weighted by Crippen LogP contribution is 2.40. The first-order valence-electron chi connectivity index (χ1n) is 15.0. The molecule has 9 nitrogen and oxygen atoms in total. The average molecular weight is 588 g/mol. The minimum absolute atomic E-state index is 0.237. The molecule has 1 aromatic carbocycles. The summed E-state index contributed by atoms with van der Waals surface area (Å²) in [7, 11) is 0. The fraction of sp³-hybridized carbons (Fsp3) is 0.406. The van der Waals surface area contributed by atoms with Gasteiger partial charge in [-0.15, -0.1) is 0 Å². The summed E-state index contributed by atoms with van der Waals surface area (Å²) in [6.45, 7) is 9.24. The third kappa shape index (κ3) is 5.54. The molecule has 0 bridgehead atoms. The Balaban J connectivity index is 1.37. The van der Waals surface area contributed by atoms with Gasteiger partial charge in [0.05, 0.1) is 66.3 Å². The second kappa shape index (κ2) is 11.9. The van der Waals surface area contributed by atoms with Crippen LogP contribution in [0.2, 0.25) is 0 Å². The number of pyridine rings is 3. The number of rotatable bonds is 6. The zero-order chi connectivity index (χ0) is 29.3. The van der Waals surface area contributed by atoms with Crippen LogP contribution in [0.1, 0.15) is 18.4 Å². The van der Waals surface area contributed by atoms with Gasteiger partial charge in [-0.1, -0.05) is 0 Å². The molecule has 3 fully saturated rings. The summed E-state index contributed by atoms with van der Waals surface area (Å²) in [6, 6.07) is 8.19. The topological polar surface area (TPSA) is 78.9 Å². The molecule has 3 aromatic heterocycles. The number of anilines is 5. The van der Waals surface area contributed by atoms with Crippen molar-refractivity contribution < 1.29 is 18.3 Å². The van der Waals surface area contributed by atoms with Crippen molar-refractivity contribution in [2.45, 2.75) is 19.8 Å². The standard InChI is InChI=1S/C32H35F2N7O2/c1-21-30(22-4-5-35-28(16-22)40-6-2-3-7-40)37-26-18-23(33)17-25(34)29(26)31(21)38-27-19-24(39-8-12-42-13-9-39)20-36-32(27)41-10-14-43-15-11-41/h4-5,16-20H,2-3,6-15H2,1H3,(H,37,38). The predicted molar refractivity (Wildman–Crippen MR) is 165 cm³/mol. The molecule has 0 atom stereocenters. The molecular formula is C32H35F2N7O2. The van der Waals surface area contributed by atoms with E-state index in [1.165, 1.54) is 6.07 Å². The number of morpholine rings is 2. The summed E-state index contributed by atoms with van der Waals surface area (Å²) in [4.78, 5) is 21.0. The maximum absolute atomic E-state index is 15.6. The van der Waals surface area contributed by atoms with Crippen LogP contribution >= 0.6 is 0 Å². The minimum atomic E-state index is -0.671. The highest BCUT2D eigenvalue weighted by Gasteiger charge is 2.24. The lowest BCUT2D eigenvalue weighted by Crippen LogP contribution is -2.38. The van der Waals surface area contributed by atoms with E-state index in [1.54, 1.807) is 6.20 Å². The monoisotopic (exact) mass is 587 g/mol. The first-order valence-corrected chi connectivity index (χ1v) is 15.0. The number of halogens is 2. The Morgan fingerprint density at radius 3 is 2.28 bits per heavy atom. The van der Waals surface area contributed by atoms with Gasteiger partial charge >= 0.3 is 0 Å². The van der Waals surface area contributed by atoms with Gasteiger partial charge < -0.3 is 29.5 Å². The summed E-state index contributed by atoms with van der Waals surface area (Å²) in [6.07, 6.45) is 5.93. The Morgan fingerprint density at radius 2 is 1.53 bits per heavy atom. The SMILES string of the molecule is Cc1c(-c2ccnc(N3CCCC3)c2)nc2cc(F)cc(F)c2c1Nc1cc(N2CCOCC2)cnc1N1CCOCC1. The summed E-state index contributed by atoms with van der Waals surface area (Å²) >= 11 is 0. The lowest BCUT2D eigenvalue weighted by molar-refractivity contribution is 0.122. The van der Waals surface area contributed by atoms with E-state index in [0.717, 1.165) is 79.2 Å². The Morgan fingerprint density at radius 1 is 0.814 bits per heavy atom. The fourth-order valence-corrected chi connectivity index (χ4v) is 6.22. The summed E-state index contributed by atoms with van der Waals surface area (Å²) in [5.41, 5.74) is 4.71. The second-order valence-corrected chi connectivity index (χ2v) is 11.2. The maximum atomic E-state index is 15.6. The fourth-order valence-electron chi connectivity index (χ4n) is 6.22. The van der Waals surface area contributed by atoms with Crippen LogP contribution in [0.4, 0.5) is 37.5 Å². The Labute approximate surface area is 249 Å². The summed E-state index contributed by atoms with van der Waals surface area (Å²) < 4.78 is 41.3. The highest BCUT2D eigenvalue weighted by atomic mass is 19.1. The quantitative estimate of drug-likeness (QED) is 0.324. The Bertz CT molecular complexity index is 1630. The molecule has 0 aliphatic carbocycles. The van der Waals surface area contributed by atoms with E-state index in [9.17, 15) is 4.39 Å². The van der Waals surface area contributed by atoms with Crippen molar-refractivity contribution in [3.63, 3.8) is 0 Å². The minimum Gasteiger partial charge on any atom is -0.378 e. The van der Waals surface area contributed by atoms with Crippen LogP contribution < -0.4 is 20.0 Å². The lowest BCUT2D eigenvalue weighted by atomic mass is 10.0. The van der Waals surface area contributed by atoms with Gasteiger partial charge in [0.25, 0.3) is 0 Å². The van der Waals surface area contributed by atoms with Crippen LogP contribution in [-0.2, 0) is 9.47 Å². The molecule has 7 rings (SSSR count). The van der Waals surface area contributed by atoms with Gasteiger partial charge in [0, 0.05) is 63.2 Å². The maximum Gasteiger partial charge on any atom is 0.152 e. The van der Waals surface area contributed by atoms with Gasteiger partial charge in [0.1, 0.15) is 17.5 Å². The van der Waals surface area contributed by atoms with E-state index in [1.807, 2.05) is 25.3 Å². The zero-order valence-corrected chi connectivity index (χ0v) is 24.3. The number of hydrogen-bond acceptors (Lipinski definition) is 9. The van der Waals surface area contributed by atoms with Gasteiger partial charge in [-0.3, -0.25) is 0 Å². The zero-order valence-electron chi connectivity index (χ0n) is 24.3. The van der Waals surface area contributed by atoms with E-state index < -0.39 is 11.6 Å². The molecule has 0 amide bonds. The normalized spacial score (nSPS) is 17.6. The Hall–Kier alpha value is -4.09. The van der Waals surface area contributed by atoms with E-state index in [2.05, 4.69) is 31.1 Å². The van der Waals surface area contributed by atoms with Crippen molar-refractivity contribution in [3.05, 3.63) is 59.9 Å². The van der Waals surface area contributed by atoms with E-state index >= 15 is 4.39 Å². The van der Waals surface area contributed by atoms with Crippen LogP contribution in [0.25, 0.3) is 22.2 Å². The van der Waals surface area contributed by atoms with E-state index in [4.69, 9.17) is 19.4 Å². The average Bonchev–Trinajstić information content (AvgIpc) is 3.58. The van der Waals surface area contributed by atoms with Crippen LogP contribution in [0.15, 0.2) is 42.7 Å². The number of nitrogens with zero attached hydrogens (tertiary/aromatic N) is 6. The molecule has 0 spiro atoms. The molecule has 1 N–H and O–H groups in total. The van der Waals surface area contributed by atoms with Gasteiger partial charge in [-0.25, -0.2) is 23.7 Å². The van der Waals surface area contributed by atoms with Crippen molar-refractivity contribution >= 4 is 39.6 Å². The van der Waals surface area contributed by atoms with Crippen LogP contribution in [0, 0.1) is 18.6 Å². The summed E-state index contributed by atoms with van der Waals surface area (Å²) in [5.74, 6) is 0.301. The van der Waals surface area contributed by atoms with E-state index in [0.29, 0.717) is 50.9 Å². The molecular weight excluding hydrogens is 552 g/mol. The van der Waals surface area contributed by atoms with Crippen molar-refractivity contribution in [2.75, 3.05) is 85.7 Å². The predicted octanol–water partition coefficient (Wildman–Crippen LogP) is 5.30. The van der Waals surface area contributed by atoms with Gasteiger partial charge in [-0.2, -0.15) is 0 Å². The van der Waals surface area contributed by atoms with Crippen LogP contribution in [-0.4, -0.2) is 80.6 Å². The molecule has 6 heterocycles. The molecule has 43 heavy (non-hydrogen) atoms.